The van der Waals surface area contributed by atoms with Crippen molar-refractivity contribution in [3.63, 3.8) is 0 Å². The van der Waals surface area contributed by atoms with E-state index in [1.54, 1.807) is 48.2 Å². The lowest BCUT2D eigenvalue weighted by Gasteiger charge is -2.22. The molecule has 2 aromatic carbocycles. The van der Waals surface area contributed by atoms with Crippen molar-refractivity contribution in [3.05, 3.63) is 52.5 Å². The van der Waals surface area contributed by atoms with Crippen LogP contribution in [0.2, 0.25) is 5.02 Å². The highest BCUT2D eigenvalue weighted by Crippen LogP contribution is 2.42. The van der Waals surface area contributed by atoms with Gasteiger partial charge in [-0.3, -0.25) is 9.52 Å². The highest BCUT2D eigenvalue weighted by Gasteiger charge is 2.39. The third-order valence-corrected chi connectivity index (χ3v) is 6.64. The molecule has 1 N–H and O–H groups in total. The summed E-state index contributed by atoms with van der Waals surface area (Å²) in [6.45, 7) is 10.1. The molecule has 0 aromatic heterocycles. The third-order valence-electron chi connectivity index (χ3n) is 5.04. The van der Waals surface area contributed by atoms with Crippen LogP contribution in [0.5, 0.6) is 0 Å². The van der Waals surface area contributed by atoms with Gasteiger partial charge in [-0.2, -0.15) is 0 Å². The van der Waals surface area contributed by atoms with Gasteiger partial charge in [-0.25, -0.2) is 8.42 Å². The number of nitrogens with one attached hydrogen (secondary N) is 1. The van der Waals surface area contributed by atoms with E-state index in [1.807, 2.05) is 27.7 Å². The minimum atomic E-state index is -3.77. The fourth-order valence-corrected chi connectivity index (χ4v) is 4.86. The van der Waals surface area contributed by atoms with Crippen molar-refractivity contribution >= 4 is 38.9 Å². The lowest BCUT2D eigenvalue weighted by atomic mass is 9.87. The zero-order valence-electron chi connectivity index (χ0n) is 16.7. The highest BCUT2D eigenvalue weighted by atomic mass is 35.5. The summed E-state index contributed by atoms with van der Waals surface area (Å²) >= 11 is 5.95. The predicted octanol–water partition coefficient (Wildman–Crippen LogP) is 4.73. The van der Waals surface area contributed by atoms with Gasteiger partial charge < -0.3 is 4.90 Å². The van der Waals surface area contributed by atoms with Gasteiger partial charge in [0.2, 0.25) is 5.91 Å². The molecule has 1 aliphatic heterocycles. The van der Waals surface area contributed by atoms with Gasteiger partial charge in [-0.05, 0) is 54.4 Å². The minimum Gasteiger partial charge on any atom is -0.311 e. The fraction of sp³-hybridized carbons (Fsp3) is 0.381. The second-order valence-electron chi connectivity index (χ2n) is 8.21. The number of halogens is 1. The summed E-state index contributed by atoms with van der Waals surface area (Å²) in [5.41, 5.74) is 2.54. The molecule has 1 aliphatic rings. The summed E-state index contributed by atoms with van der Waals surface area (Å²) in [5.74, 6) is -0.0861. The summed E-state index contributed by atoms with van der Waals surface area (Å²) in [5, 5.41) is 0.551. The second kappa shape index (κ2) is 7.08. The summed E-state index contributed by atoms with van der Waals surface area (Å²) in [6, 6.07) is 9.96. The van der Waals surface area contributed by atoms with E-state index < -0.39 is 10.0 Å². The molecule has 0 saturated heterocycles. The monoisotopic (exact) mass is 420 g/mol. The maximum absolute atomic E-state index is 12.9. The van der Waals surface area contributed by atoms with E-state index in [-0.39, 0.29) is 22.1 Å². The van der Waals surface area contributed by atoms with Crippen molar-refractivity contribution in [1.29, 1.82) is 0 Å². The summed E-state index contributed by atoms with van der Waals surface area (Å²) in [4.78, 5) is 14.5. The number of sulfonamides is 1. The standard InChI is InChI=1S/C21H25ClN2O3S/c1-13(2)20(25)24-12-21(4,5)17-11-16(7-9-19(17)24)28(26,27)23-18-8-6-15(22)10-14(18)3/h6-11,13,23H,12H2,1-5H3. The van der Waals surface area contributed by atoms with Crippen molar-refractivity contribution in [2.75, 3.05) is 16.2 Å². The van der Waals surface area contributed by atoms with Gasteiger partial charge in [0.15, 0.2) is 0 Å². The zero-order valence-corrected chi connectivity index (χ0v) is 18.3. The fourth-order valence-electron chi connectivity index (χ4n) is 3.48. The Morgan fingerprint density at radius 2 is 1.86 bits per heavy atom. The molecule has 0 unspecified atom stereocenters. The van der Waals surface area contributed by atoms with Gasteiger partial charge in [-0.1, -0.05) is 39.3 Å². The molecule has 0 aliphatic carbocycles. The molecule has 2 aromatic rings. The topological polar surface area (TPSA) is 66.5 Å². The van der Waals surface area contributed by atoms with E-state index in [1.165, 1.54) is 0 Å². The van der Waals surface area contributed by atoms with Crippen molar-refractivity contribution in [2.45, 2.75) is 44.9 Å². The molecular formula is C21H25ClN2O3S. The van der Waals surface area contributed by atoms with Gasteiger partial charge >= 0.3 is 0 Å². The number of aryl methyl sites for hydroxylation is 1. The Morgan fingerprint density at radius 3 is 2.46 bits per heavy atom. The first kappa shape index (κ1) is 20.7. The van der Waals surface area contributed by atoms with Crippen LogP contribution in [-0.2, 0) is 20.2 Å². The van der Waals surface area contributed by atoms with E-state index in [4.69, 9.17) is 11.6 Å². The molecule has 0 spiro atoms. The van der Waals surface area contributed by atoms with Gasteiger partial charge in [0.1, 0.15) is 0 Å². The first-order chi connectivity index (χ1) is 12.9. The molecule has 0 atom stereocenters. The van der Waals surface area contributed by atoms with Crippen molar-refractivity contribution < 1.29 is 13.2 Å². The first-order valence-corrected chi connectivity index (χ1v) is 11.0. The van der Waals surface area contributed by atoms with Crippen molar-refractivity contribution in [3.8, 4) is 0 Å². The van der Waals surface area contributed by atoms with Crippen LogP contribution >= 0.6 is 11.6 Å². The van der Waals surface area contributed by atoms with Gasteiger partial charge in [0.05, 0.1) is 10.6 Å². The van der Waals surface area contributed by atoms with Gasteiger partial charge in [0, 0.05) is 28.6 Å². The number of anilines is 2. The molecule has 7 heteroatoms. The van der Waals surface area contributed by atoms with Gasteiger partial charge in [0.25, 0.3) is 10.0 Å². The number of amides is 1. The Kier molecular flexibility index (Phi) is 5.23. The maximum Gasteiger partial charge on any atom is 0.261 e. The number of hydrogen-bond donors (Lipinski definition) is 1. The number of fused-ring (bicyclic) bond motifs is 1. The van der Waals surface area contributed by atoms with Crippen molar-refractivity contribution in [2.24, 2.45) is 5.92 Å². The third kappa shape index (κ3) is 3.76. The van der Waals surface area contributed by atoms with Gasteiger partial charge in [-0.15, -0.1) is 0 Å². The predicted molar refractivity (Wildman–Crippen MR) is 114 cm³/mol. The van der Waals surface area contributed by atoms with Crippen LogP contribution < -0.4 is 9.62 Å². The first-order valence-electron chi connectivity index (χ1n) is 9.17. The van der Waals surface area contributed by atoms with Crippen LogP contribution in [0, 0.1) is 12.8 Å². The van der Waals surface area contributed by atoms with Crippen LogP contribution in [0.15, 0.2) is 41.3 Å². The lowest BCUT2D eigenvalue weighted by molar-refractivity contribution is -0.121. The zero-order chi connectivity index (χ0) is 20.9. The van der Waals surface area contributed by atoms with Crippen LogP contribution in [0.4, 0.5) is 11.4 Å². The quantitative estimate of drug-likeness (QED) is 0.777. The molecular weight excluding hydrogens is 396 g/mol. The Balaban J connectivity index is 2.00. The van der Waals surface area contributed by atoms with Crippen LogP contribution in [-0.4, -0.2) is 20.9 Å². The Morgan fingerprint density at radius 1 is 1.18 bits per heavy atom. The molecule has 0 bridgehead atoms. The van der Waals surface area contributed by atoms with E-state index in [0.717, 1.165) is 16.8 Å². The average molecular weight is 421 g/mol. The minimum absolute atomic E-state index is 0.0392. The smallest absolute Gasteiger partial charge is 0.261 e. The van der Waals surface area contributed by atoms with E-state index in [9.17, 15) is 13.2 Å². The number of carbonyl (C=O) groups excluding carboxylic acids is 1. The molecule has 0 saturated carbocycles. The largest absolute Gasteiger partial charge is 0.311 e. The number of carbonyl (C=O) groups is 1. The van der Waals surface area contributed by atoms with Crippen LogP contribution in [0.25, 0.3) is 0 Å². The molecule has 150 valence electrons. The maximum atomic E-state index is 12.9. The molecule has 28 heavy (non-hydrogen) atoms. The second-order valence-corrected chi connectivity index (χ2v) is 10.3. The Bertz CT molecular complexity index is 1050. The SMILES string of the molecule is Cc1cc(Cl)ccc1NS(=O)(=O)c1ccc2c(c1)C(C)(C)CN2C(=O)C(C)C. The number of rotatable bonds is 4. The van der Waals surface area contributed by atoms with E-state index >= 15 is 0 Å². The van der Waals surface area contributed by atoms with Crippen LogP contribution in [0.1, 0.15) is 38.8 Å². The normalized spacial score (nSPS) is 15.6. The molecule has 5 nitrogen and oxygen atoms in total. The van der Waals surface area contributed by atoms with E-state index in [2.05, 4.69) is 4.72 Å². The van der Waals surface area contributed by atoms with E-state index in [0.29, 0.717) is 17.3 Å². The highest BCUT2D eigenvalue weighted by molar-refractivity contribution is 7.92. The molecule has 0 radical (unpaired) electrons. The molecule has 3 rings (SSSR count). The summed E-state index contributed by atoms with van der Waals surface area (Å²) in [6.07, 6.45) is 0. The summed E-state index contributed by atoms with van der Waals surface area (Å²) in [7, 11) is -3.77. The van der Waals surface area contributed by atoms with Crippen LogP contribution in [0.3, 0.4) is 0 Å². The number of nitrogens with zero attached hydrogens (tertiary/aromatic N) is 1. The Hall–Kier alpha value is -2.05. The molecule has 0 fully saturated rings. The number of hydrogen-bond acceptors (Lipinski definition) is 3. The lowest BCUT2D eigenvalue weighted by Crippen LogP contribution is -2.36. The number of benzene rings is 2. The Labute approximate surface area is 171 Å². The summed E-state index contributed by atoms with van der Waals surface area (Å²) < 4.78 is 28.5. The van der Waals surface area contributed by atoms with Crippen molar-refractivity contribution in [1.82, 2.24) is 0 Å². The average Bonchev–Trinajstić information content (AvgIpc) is 2.87. The molecule has 1 heterocycles. The molecule has 1 amide bonds.